The van der Waals surface area contributed by atoms with Gasteiger partial charge in [-0.1, -0.05) is 6.92 Å². The molecular formula is C16H37NO4Si2. The zero-order chi connectivity index (χ0) is 17.9. The molecule has 0 fully saturated rings. The molecule has 0 bridgehead atoms. The van der Waals surface area contributed by atoms with E-state index < -0.39 is 16.9 Å². The summed E-state index contributed by atoms with van der Waals surface area (Å²) in [7, 11) is -3.78. The van der Waals surface area contributed by atoms with Gasteiger partial charge in [0.15, 0.2) is 0 Å². The van der Waals surface area contributed by atoms with E-state index in [0.717, 1.165) is 32.1 Å². The van der Waals surface area contributed by atoms with E-state index in [0.29, 0.717) is 19.6 Å². The molecule has 0 N–H and O–H groups in total. The Balaban J connectivity index is 4.16. The summed E-state index contributed by atoms with van der Waals surface area (Å²) in [4.78, 5) is 14.1. The van der Waals surface area contributed by atoms with Crippen molar-refractivity contribution in [3.05, 3.63) is 0 Å². The maximum Gasteiger partial charge on any atom is 0.334 e. The average molecular weight is 364 g/mol. The van der Waals surface area contributed by atoms with Crippen molar-refractivity contribution in [3.8, 4) is 0 Å². The molecule has 0 saturated heterocycles. The lowest BCUT2D eigenvalue weighted by Gasteiger charge is -2.27. The Morgan fingerprint density at radius 2 is 1.52 bits per heavy atom. The summed E-state index contributed by atoms with van der Waals surface area (Å²) in [6.45, 7) is 18.5. The third-order valence-corrected chi connectivity index (χ3v) is 7.40. The normalized spacial score (nSPS) is 12.7. The van der Waals surface area contributed by atoms with Crippen molar-refractivity contribution in [2.75, 3.05) is 32.8 Å². The summed E-state index contributed by atoms with van der Waals surface area (Å²) in [6.07, 6.45) is 1.52. The van der Waals surface area contributed by atoms with Crippen molar-refractivity contribution in [1.82, 2.24) is 4.90 Å². The first kappa shape index (κ1) is 22.8. The fourth-order valence-electron chi connectivity index (χ4n) is 2.49. The van der Waals surface area contributed by atoms with E-state index in [2.05, 4.69) is 18.4 Å². The minimum Gasteiger partial charge on any atom is -0.520 e. The topological polar surface area (TPSA) is 48.0 Å². The third kappa shape index (κ3) is 11.9. The van der Waals surface area contributed by atoms with Crippen LogP contribution in [0.25, 0.3) is 0 Å². The average Bonchev–Trinajstić information content (AvgIpc) is 2.41. The summed E-state index contributed by atoms with van der Waals surface area (Å²) in [5.41, 5.74) is 0. The van der Waals surface area contributed by atoms with E-state index in [1.54, 1.807) is 0 Å². The second-order valence-corrected chi connectivity index (χ2v) is 14.6. The molecule has 0 aromatic rings. The Hall–Kier alpha value is -0.216. The minimum absolute atomic E-state index is 0.0644. The molecule has 0 saturated carbocycles. The molecule has 0 unspecified atom stereocenters. The quantitative estimate of drug-likeness (QED) is 0.468. The summed E-state index contributed by atoms with van der Waals surface area (Å²) >= 11 is 0. The first-order valence-corrected chi connectivity index (χ1v) is 14.8. The van der Waals surface area contributed by atoms with Gasteiger partial charge in [-0.05, 0) is 65.6 Å². The highest BCUT2D eigenvalue weighted by molar-refractivity contribution is 6.71. The maximum atomic E-state index is 11.8. The van der Waals surface area contributed by atoms with Crippen molar-refractivity contribution >= 4 is 22.8 Å². The van der Waals surface area contributed by atoms with Gasteiger partial charge in [0.1, 0.15) is 0 Å². The Kier molecular flexibility index (Phi) is 11.3. The van der Waals surface area contributed by atoms with Crippen LogP contribution in [-0.4, -0.2) is 60.6 Å². The molecule has 0 aliphatic heterocycles. The lowest BCUT2D eigenvalue weighted by Crippen LogP contribution is -2.40. The summed E-state index contributed by atoms with van der Waals surface area (Å²) in [5, 5.41) is 0. The Morgan fingerprint density at radius 3 is 1.96 bits per heavy atom. The fraction of sp³-hybridized carbons (Fsp3) is 0.938. The van der Waals surface area contributed by atoms with E-state index in [4.69, 9.17) is 13.3 Å². The predicted molar refractivity (Wildman–Crippen MR) is 100 cm³/mol. The third-order valence-electron chi connectivity index (χ3n) is 3.50. The van der Waals surface area contributed by atoms with Gasteiger partial charge < -0.3 is 18.2 Å². The van der Waals surface area contributed by atoms with Crippen LogP contribution in [0.5, 0.6) is 0 Å². The maximum absolute atomic E-state index is 11.8. The second-order valence-electron chi connectivity index (χ2n) is 6.87. The van der Waals surface area contributed by atoms with Crippen molar-refractivity contribution < 1.29 is 18.1 Å². The number of carbonyl (C=O) groups excluding carboxylic acids is 1. The molecule has 138 valence electrons. The van der Waals surface area contributed by atoms with Crippen molar-refractivity contribution in [2.45, 2.75) is 65.8 Å². The van der Waals surface area contributed by atoms with E-state index in [-0.39, 0.29) is 5.97 Å². The largest absolute Gasteiger partial charge is 0.520 e. The van der Waals surface area contributed by atoms with E-state index in [9.17, 15) is 4.79 Å². The first-order valence-electron chi connectivity index (χ1n) is 8.88. The van der Waals surface area contributed by atoms with Crippen LogP contribution in [0.3, 0.4) is 0 Å². The van der Waals surface area contributed by atoms with Crippen LogP contribution in [0, 0.1) is 0 Å². The van der Waals surface area contributed by atoms with Crippen LogP contribution in [0.15, 0.2) is 0 Å². The molecule has 0 aromatic heterocycles. The lowest BCUT2D eigenvalue weighted by molar-refractivity contribution is -0.135. The molecule has 23 heavy (non-hydrogen) atoms. The van der Waals surface area contributed by atoms with Crippen molar-refractivity contribution in [1.29, 1.82) is 0 Å². The molecule has 0 aliphatic carbocycles. The standard InChI is InChI=1S/C16H37NO4Si2/c1-8-17(14-12-16(18)21-22(4,5)6)13-11-15-23(7,19-9-2)20-10-3/h8-15H2,1-7H3. The molecule has 0 aliphatic rings. The summed E-state index contributed by atoms with van der Waals surface area (Å²) in [6, 6.07) is 0.991. The van der Waals surface area contributed by atoms with Gasteiger partial charge in [-0.2, -0.15) is 0 Å². The smallest absolute Gasteiger partial charge is 0.334 e. The van der Waals surface area contributed by atoms with Crippen LogP contribution < -0.4 is 0 Å². The molecule has 5 nitrogen and oxygen atoms in total. The zero-order valence-corrected chi connectivity index (χ0v) is 18.2. The van der Waals surface area contributed by atoms with Crippen molar-refractivity contribution in [2.24, 2.45) is 0 Å². The van der Waals surface area contributed by atoms with Gasteiger partial charge >= 0.3 is 8.56 Å². The van der Waals surface area contributed by atoms with Crippen LogP contribution in [0.1, 0.15) is 33.6 Å². The van der Waals surface area contributed by atoms with Crippen molar-refractivity contribution in [3.63, 3.8) is 0 Å². The van der Waals surface area contributed by atoms with Gasteiger partial charge in [-0.25, -0.2) is 0 Å². The van der Waals surface area contributed by atoms with Gasteiger partial charge in [0.25, 0.3) is 5.97 Å². The fourth-order valence-corrected chi connectivity index (χ4v) is 5.67. The molecule has 0 amide bonds. The van der Waals surface area contributed by atoms with Crippen LogP contribution in [-0.2, 0) is 18.1 Å². The highest BCUT2D eigenvalue weighted by atomic mass is 28.4. The molecule has 7 heteroatoms. The number of rotatable bonds is 13. The molecule has 0 radical (unpaired) electrons. The van der Waals surface area contributed by atoms with Gasteiger partial charge in [-0.15, -0.1) is 0 Å². The van der Waals surface area contributed by atoms with Gasteiger partial charge in [-0.3, -0.25) is 4.79 Å². The lowest BCUT2D eigenvalue weighted by atomic mass is 10.3. The molecule has 0 atom stereocenters. The van der Waals surface area contributed by atoms with Gasteiger partial charge in [0.05, 0.1) is 6.42 Å². The minimum atomic E-state index is -2.02. The number of nitrogens with zero attached hydrogens (tertiary/aromatic N) is 1. The van der Waals surface area contributed by atoms with Crippen LogP contribution in [0.4, 0.5) is 0 Å². The van der Waals surface area contributed by atoms with Gasteiger partial charge in [0.2, 0.25) is 8.32 Å². The van der Waals surface area contributed by atoms with Crippen LogP contribution >= 0.6 is 0 Å². The monoisotopic (exact) mass is 363 g/mol. The highest BCUT2D eigenvalue weighted by Crippen LogP contribution is 2.16. The first-order chi connectivity index (χ1) is 10.7. The molecular weight excluding hydrogens is 326 g/mol. The molecule has 0 rings (SSSR count). The van der Waals surface area contributed by atoms with Gasteiger partial charge in [0, 0.05) is 19.8 Å². The Bertz CT molecular complexity index is 329. The van der Waals surface area contributed by atoms with E-state index in [1.807, 2.05) is 33.5 Å². The van der Waals surface area contributed by atoms with E-state index >= 15 is 0 Å². The number of carbonyl (C=O) groups is 1. The Labute approximate surface area is 145 Å². The van der Waals surface area contributed by atoms with Crippen LogP contribution in [0.2, 0.25) is 32.2 Å². The SMILES string of the molecule is CCO[Si](C)(CCCN(CC)CCC(=O)O[Si](C)(C)C)OCC. The molecule has 0 spiro atoms. The van der Waals surface area contributed by atoms with E-state index in [1.165, 1.54) is 0 Å². The summed E-state index contributed by atoms with van der Waals surface area (Å²) in [5.74, 6) is -0.0644. The highest BCUT2D eigenvalue weighted by Gasteiger charge is 2.30. The number of hydrogen-bond donors (Lipinski definition) is 0. The predicted octanol–water partition coefficient (Wildman–Crippen LogP) is 3.61. The summed E-state index contributed by atoms with van der Waals surface area (Å²) < 4.78 is 17.2. The zero-order valence-electron chi connectivity index (χ0n) is 16.2. The molecule has 0 heterocycles. The molecule has 0 aromatic carbocycles. The second kappa shape index (κ2) is 11.4. The number of hydrogen-bond acceptors (Lipinski definition) is 5. The Morgan fingerprint density at radius 1 is 0.957 bits per heavy atom.